The molecule has 2 unspecified atom stereocenters. The predicted molar refractivity (Wildman–Crippen MR) is 148 cm³/mol. The lowest BCUT2D eigenvalue weighted by Crippen LogP contribution is -2.29. The van der Waals surface area contributed by atoms with E-state index in [9.17, 15) is 15.0 Å². The van der Waals surface area contributed by atoms with Crippen LogP contribution in [0.3, 0.4) is 0 Å². The van der Waals surface area contributed by atoms with E-state index < -0.39 is 11.7 Å². The molecule has 0 spiro atoms. The summed E-state index contributed by atoms with van der Waals surface area (Å²) in [7, 11) is 0. The van der Waals surface area contributed by atoms with E-state index >= 15 is 0 Å². The van der Waals surface area contributed by atoms with E-state index in [1.54, 1.807) is 25.5 Å². The molecule has 2 amide bonds. The number of fused-ring (bicyclic) bond motifs is 1. The maximum atomic E-state index is 12.1. The molecular formula is C27H31N7O3S. The van der Waals surface area contributed by atoms with Crippen molar-refractivity contribution in [2.75, 3.05) is 25.0 Å². The van der Waals surface area contributed by atoms with Crippen molar-refractivity contribution in [3.63, 3.8) is 0 Å². The number of rotatable bonds is 7. The zero-order valence-corrected chi connectivity index (χ0v) is 22.4. The van der Waals surface area contributed by atoms with Crippen molar-refractivity contribution < 1.29 is 15.0 Å². The zero-order valence-electron chi connectivity index (χ0n) is 21.6. The number of carbonyl (C=O) groups excluding carboxylic acids is 1. The van der Waals surface area contributed by atoms with E-state index in [0.29, 0.717) is 24.0 Å². The molecule has 38 heavy (non-hydrogen) atoms. The summed E-state index contributed by atoms with van der Waals surface area (Å²) in [6, 6.07) is 7.72. The molecule has 198 valence electrons. The Morgan fingerprint density at radius 3 is 2.68 bits per heavy atom. The number of anilines is 1. The number of β-amino-alcohol motifs (C(OH)–C–C–N with tert-alkyl or cyclic N) is 1. The molecule has 2 atom stereocenters. The van der Waals surface area contributed by atoms with Crippen LogP contribution in [-0.2, 0) is 6.54 Å². The standard InChI is InChI=1S/C27H31N7O3S/c1-4-28-25(36)33-26-32-22-11-18(19-12-30-24(16(2)35)31-13-19)10-20(23(22)38-26)21-9-17(5-7-29-21)14-34-8-6-27(3,37)15-34/h5,7,9-13,16,35,37H,4,6,8,14-15H2,1-3H3,(H2,28,32,33,36). The van der Waals surface area contributed by atoms with Gasteiger partial charge in [0, 0.05) is 55.9 Å². The number of thiazole rings is 1. The maximum Gasteiger partial charge on any atom is 0.321 e. The molecule has 4 aromatic rings. The maximum absolute atomic E-state index is 12.1. The normalized spacial score (nSPS) is 18.6. The van der Waals surface area contributed by atoms with E-state index in [2.05, 4.69) is 41.5 Å². The Morgan fingerprint density at radius 2 is 2.00 bits per heavy atom. The number of benzene rings is 1. The van der Waals surface area contributed by atoms with Gasteiger partial charge in [-0.3, -0.25) is 15.2 Å². The number of hydrogen-bond donors (Lipinski definition) is 4. The number of likely N-dealkylation sites (tertiary alicyclic amines) is 1. The van der Waals surface area contributed by atoms with Crippen LogP contribution in [0.5, 0.6) is 0 Å². The van der Waals surface area contributed by atoms with Crippen molar-refractivity contribution in [1.29, 1.82) is 0 Å². The minimum absolute atomic E-state index is 0.308. The fourth-order valence-corrected chi connectivity index (χ4v) is 5.56. The third-order valence-corrected chi connectivity index (χ3v) is 7.48. The van der Waals surface area contributed by atoms with Crippen LogP contribution in [0.1, 0.15) is 44.7 Å². The van der Waals surface area contributed by atoms with Crippen molar-refractivity contribution in [2.24, 2.45) is 0 Å². The molecule has 0 radical (unpaired) electrons. The van der Waals surface area contributed by atoms with Crippen molar-refractivity contribution in [1.82, 2.24) is 30.2 Å². The molecule has 5 rings (SSSR count). The largest absolute Gasteiger partial charge is 0.389 e. The van der Waals surface area contributed by atoms with Crippen molar-refractivity contribution in [2.45, 2.75) is 45.4 Å². The van der Waals surface area contributed by atoms with Crippen LogP contribution in [0.2, 0.25) is 0 Å². The predicted octanol–water partition coefficient (Wildman–Crippen LogP) is 3.97. The van der Waals surface area contributed by atoms with E-state index in [1.165, 1.54) is 11.3 Å². The van der Waals surface area contributed by atoms with Gasteiger partial charge in [0.1, 0.15) is 6.10 Å². The average molecular weight is 534 g/mol. The van der Waals surface area contributed by atoms with Crippen LogP contribution in [0, 0.1) is 0 Å². The molecule has 1 aromatic carbocycles. The first-order valence-electron chi connectivity index (χ1n) is 12.6. The van der Waals surface area contributed by atoms with Gasteiger partial charge in [-0.05, 0) is 62.6 Å². The monoisotopic (exact) mass is 533 g/mol. The van der Waals surface area contributed by atoms with Gasteiger partial charge in [-0.25, -0.2) is 19.7 Å². The lowest BCUT2D eigenvalue weighted by Gasteiger charge is -2.19. The number of nitrogens with zero attached hydrogens (tertiary/aromatic N) is 5. The number of aliphatic hydroxyl groups excluding tert-OH is 1. The van der Waals surface area contributed by atoms with Gasteiger partial charge >= 0.3 is 6.03 Å². The number of nitrogens with one attached hydrogen (secondary N) is 2. The number of pyridine rings is 1. The van der Waals surface area contributed by atoms with Crippen molar-refractivity contribution in [3.8, 4) is 22.4 Å². The summed E-state index contributed by atoms with van der Waals surface area (Å²) in [6.45, 7) is 8.07. The highest BCUT2D eigenvalue weighted by atomic mass is 32.1. The first kappa shape index (κ1) is 26.1. The third kappa shape index (κ3) is 5.81. The highest BCUT2D eigenvalue weighted by Crippen LogP contribution is 2.38. The second kappa shape index (κ2) is 10.7. The minimum Gasteiger partial charge on any atom is -0.389 e. The SMILES string of the molecule is CCNC(=O)Nc1nc2cc(-c3cnc(C(C)O)nc3)cc(-c3cc(CN4CCC(C)(O)C4)ccn3)c2s1. The summed E-state index contributed by atoms with van der Waals surface area (Å²) in [5, 5.41) is 26.2. The Hall–Kier alpha value is -3.51. The van der Waals surface area contributed by atoms with Gasteiger partial charge in [0.05, 0.1) is 21.5 Å². The number of amides is 2. The van der Waals surface area contributed by atoms with Crippen molar-refractivity contribution >= 4 is 32.7 Å². The van der Waals surface area contributed by atoms with Crippen molar-refractivity contribution in [3.05, 3.63) is 54.2 Å². The summed E-state index contributed by atoms with van der Waals surface area (Å²) in [5.74, 6) is 0.354. The lowest BCUT2D eigenvalue weighted by atomic mass is 10.0. The first-order chi connectivity index (χ1) is 18.2. The molecule has 1 aliphatic heterocycles. The molecule has 3 aromatic heterocycles. The summed E-state index contributed by atoms with van der Waals surface area (Å²) < 4.78 is 0.899. The highest BCUT2D eigenvalue weighted by Gasteiger charge is 2.31. The Kier molecular flexibility index (Phi) is 7.35. The summed E-state index contributed by atoms with van der Waals surface area (Å²) in [6.07, 6.45) is 5.17. The Labute approximate surface area is 224 Å². The van der Waals surface area contributed by atoms with Gasteiger partial charge in [0.25, 0.3) is 0 Å². The second-order valence-electron chi connectivity index (χ2n) is 9.89. The number of aromatic nitrogens is 4. The van der Waals surface area contributed by atoms with Gasteiger partial charge in [-0.1, -0.05) is 11.3 Å². The quantitative estimate of drug-likeness (QED) is 0.280. The lowest BCUT2D eigenvalue weighted by molar-refractivity contribution is 0.0679. The van der Waals surface area contributed by atoms with Gasteiger partial charge in [-0.15, -0.1) is 0 Å². The minimum atomic E-state index is -0.755. The van der Waals surface area contributed by atoms with Crippen LogP contribution in [0.4, 0.5) is 9.93 Å². The molecule has 1 fully saturated rings. The van der Waals surface area contributed by atoms with E-state index in [1.807, 2.05) is 32.0 Å². The summed E-state index contributed by atoms with van der Waals surface area (Å²) in [5.41, 5.74) is 4.46. The molecule has 0 bridgehead atoms. The number of aliphatic hydroxyl groups is 2. The third-order valence-electron chi connectivity index (χ3n) is 6.46. The van der Waals surface area contributed by atoms with Crippen LogP contribution in [0.15, 0.2) is 42.9 Å². The number of urea groups is 1. The summed E-state index contributed by atoms with van der Waals surface area (Å²) in [4.78, 5) is 32.3. The van der Waals surface area contributed by atoms with Crippen LogP contribution in [0.25, 0.3) is 32.6 Å². The molecule has 0 aliphatic carbocycles. The average Bonchev–Trinajstić information content (AvgIpc) is 3.45. The second-order valence-corrected chi connectivity index (χ2v) is 10.9. The number of hydrogen-bond acceptors (Lipinski definition) is 9. The molecular weight excluding hydrogens is 502 g/mol. The molecule has 1 saturated heterocycles. The number of carbonyl (C=O) groups is 1. The van der Waals surface area contributed by atoms with Gasteiger partial charge in [0.15, 0.2) is 11.0 Å². The topological polar surface area (TPSA) is 136 Å². The molecule has 4 N–H and O–H groups in total. The van der Waals surface area contributed by atoms with E-state index in [4.69, 9.17) is 0 Å². The first-order valence-corrected chi connectivity index (χ1v) is 13.4. The van der Waals surface area contributed by atoms with Crippen LogP contribution >= 0.6 is 11.3 Å². The summed E-state index contributed by atoms with van der Waals surface area (Å²) >= 11 is 1.39. The molecule has 10 nitrogen and oxygen atoms in total. The van der Waals surface area contributed by atoms with Crippen LogP contribution < -0.4 is 10.6 Å². The smallest absolute Gasteiger partial charge is 0.321 e. The van der Waals surface area contributed by atoms with Gasteiger partial charge in [0.2, 0.25) is 0 Å². The van der Waals surface area contributed by atoms with Crippen LogP contribution in [-0.4, -0.2) is 66.3 Å². The van der Waals surface area contributed by atoms with E-state index in [-0.39, 0.29) is 6.03 Å². The molecule has 0 saturated carbocycles. The Morgan fingerprint density at radius 1 is 1.21 bits per heavy atom. The molecule has 11 heteroatoms. The van der Waals surface area contributed by atoms with Gasteiger partial charge < -0.3 is 15.5 Å². The molecule has 1 aliphatic rings. The fourth-order valence-electron chi connectivity index (χ4n) is 4.60. The van der Waals surface area contributed by atoms with E-state index in [0.717, 1.165) is 57.7 Å². The molecule has 4 heterocycles. The Balaban J connectivity index is 1.55. The van der Waals surface area contributed by atoms with Gasteiger partial charge in [-0.2, -0.15) is 0 Å². The zero-order chi connectivity index (χ0) is 26.9. The fraction of sp³-hybridized carbons (Fsp3) is 0.370. The highest BCUT2D eigenvalue weighted by molar-refractivity contribution is 7.22. The Bertz CT molecular complexity index is 1450.